The SMILES string of the molecule is COC(=O)N1C[C@H](OCc2cn(-c3cc(Cl)cc(Cl)c3)nn2)[C@H](OCc2cn(-c3cc(Cl)cc(Cl)c3)nn2)C[C@@H]1c1ccccc1Br. The molecule has 11 nitrogen and oxygen atoms in total. The summed E-state index contributed by atoms with van der Waals surface area (Å²) in [5.41, 5.74) is 3.37. The molecular weight excluding hydrogens is 756 g/mol. The lowest BCUT2D eigenvalue weighted by Gasteiger charge is -2.43. The summed E-state index contributed by atoms with van der Waals surface area (Å²) < 4.78 is 22.0. The van der Waals surface area contributed by atoms with E-state index in [0.29, 0.717) is 49.3 Å². The first kappa shape index (κ1) is 33.7. The van der Waals surface area contributed by atoms with Crippen molar-refractivity contribution in [3.8, 4) is 11.4 Å². The molecule has 0 radical (unpaired) electrons. The average molecular weight is 782 g/mol. The number of carbonyl (C=O) groups excluding carboxylic acids is 1. The van der Waals surface area contributed by atoms with Crippen molar-refractivity contribution in [2.45, 2.75) is 37.9 Å². The predicted octanol–water partition coefficient (Wildman–Crippen LogP) is 7.91. The average Bonchev–Trinajstić information content (AvgIpc) is 3.72. The molecule has 1 fully saturated rings. The minimum absolute atomic E-state index is 0.0965. The van der Waals surface area contributed by atoms with Crippen LogP contribution < -0.4 is 0 Å². The minimum atomic E-state index is -0.555. The minimum Gasteiger partial charge on any atom is -0.453 e. The lowest BCUT2D eigenvalue weighted by atomic mass is 9.91. The van der Waals surface area contributed by atoms with Gasteiger partial charge in [0, 0.05) is 31.0 Å². The highest BCUT2D eigenvalue weighted by atomic mass is 79.9. The van der Waals surface area contributed by atoms with Crippen LogP contribution in [-0.4, -0.2) is 66.8 Å². The summed E-state index contributed by atoms with van der Waals surface area (Å²) in [5, 5.41) is 18.8. The van der Waals surface area contributed by atoms with Gasteiger partial charge in [-0.05, 0) is 48.0 Å². The molecule has 1 amide bonds. The zero-order chi connectivity index (χ0) is 33.1. The lowest BCUT2D eigenvalue weighted by Crippen LogP contribution is -2.52. The number of carbonyl (C=O) groups is 1. The number of aromatic nitrogens is 6. The van der Waals surface area contributed by atoms with Crippen LogP contribution >= 0.6 is 62.3 Å². The number of benzene rings is 3. The van der Waals surface area contributed by atoms with E-state index in [4.69, 9.17) is 60.6 Å². The molecule has 0 saturated carbocycles. The second kappa shape index (κ2) is 14.9. The first-order valence-electron chi connectivity index (χ1n) is 14.2. The fourth-order valence-electron chi connectivity index (χ4n) is 5.34. The van der Waals surface area contributed by atoms with E-state index in [2.05, 4.69) is 36.6 Å². The number of amides is 1. The largest absolute Gasteiger partial charge is 0.453 e. The lowest BCUT2D eigenvalue weighted by molar-refractivity contribution is -0.129. The van der Waals surface area contributed by atoms with Crippen LogP contribution in [0.5, 0.6) is 0 Å². The maximum absolute atomic E-state index is 13.1. The van der Waals surface area contributed by atoms with E-state index in [1.54, 1.807) is 63.1 Å². The Morgan fingerprint density at radius 3 is 1.83 bits per heavy atom. The summed E-state index contributed by atoms with van der Waals surface area (Å²) in [7, 11) is 1.36. The van der Waals surface area contributed by atoms with Gasteiger partial charge in [-0.2, -0.15) is 0 Å². The van der Waals surface area contributed by atoms with Crippen molar-refractivity contribution in [1.82, 2.24) is 34.9 Å². The number of methoxy groups -OCH3 is 1. The van der Waals surface area contributed by atoms with Gasteiger partial charge in [0.05, 0.1) is 62.8 Å². The first-order valence-corrected chi connectivity index (χ1v) is 16.5. The van der Waals surface area contributed by atoms with Crippen molar-refractivity contribution in [1.29, 1.82) is 0 Å². The second-order valence-corrected chi connectivity index (χ2v) is 13.3. The van der Waals surface area contributed by atoms with E-state index in [-0.39, 0.29) is 25.8 Å². The van der Waals surface area contributed by atoms with Gasteiger partial charge in [0.25, 0.3) is 0 Å². The molecule has 244 valence electrons. The number of ether oxygens (including phenoxy) is 3. The van der Waals surface area contributed by atoms with E-state index in [1.165, 1.54) is 7.11 Å². The molecule has 5 aromatic rings. The van der Waals surface area contributed by atoms with Crippen molar-refractivity contribution in [3.05, 3.63) is 115 Å². The Bertz CT molecular complexity index is 1850. The number of halogens is 5. The standard InChI is InChI=1S/C31H26BrCl4N7O4/c1-45-31(44)41-15-30(47-17-23-14-43(40-38-23)25-10-20(35)7-21(36)11-25)29(12-28(41)26-4-2-3-5-27(26)32)46-16-22-13-42(39-37-22)24-8-18(33)6-19(34)9-24/h2-11,13-14,28-30H,12,15-17H2,1H3/t28-,29-,30+/m1/s1. The van der Waals surface area contributed by atoms with Gasteiger partial charge < -0.3 is 14.2 Å². The van der Waals surface area contributed by atoms with E-state index >= 15 is 0 Å². The van der Waals surface area contributed by atoms with Crippen LogP contribution in [0.3, 0.4) is 0 Å². The third-order valence-corrected chi connectivity index (χ3v) is 9.09. The molecule has 6 rings (SSSR count). The Balaban J connectivity index is 1.23. The fraction of sp³-hybridized carbons (Fsp3) is 0.258. The van der Waals surface area contributed by atoms with E-state index in [1.807, 2.05) is 24.3 Å². The summed E-state index contributed by atoms with van der Waals surface area (Å²) in [4.78, 5) is 14.7. The zero-order valence-corrected chi connectivity index (χ0v) is 29.3. The third-order valence-electron chi connectivity index (χ3n) is 7.49. The molecule has 0 bridgehead atoms. The molecule has 47 heavy (non-hydrogen) atoms. The fourth-order valence-corrected chi connectivity index (χ4v) is 6.92. The molecule has 16 heteroatoms. The smallest absolute Gasteiger partial charge is 0.410 e. The number of nitrogens with zero attached hydrogens (tertiary/aromatic N) is 7. The first-order chi connectivity index (χ1) is 22.7. The van der Waals surface area contributed by atoms with Crippen LogP contribution in [0.15, 0.2) is 77.5 Å². The third kappa shape index (κ3) is 8.09. The summed E-state index contributed by atoms with van der Waals surface area (Å²) in [6, 6.07) is 17.6. The van der Waals surface area contributed by atoms with Crippen molar-refractivity contribution in [3.63, 3.8) is 0 Å². The molecule has 0 spiro atoms. The highest BCUT2D eigenvalue weighted by Gasteiger charge is 2.41. The van der Waals surface area contributed by atoms with Gasteiger partial charge in [-0.15, -0.1) is 10.2 Å². The predicted molar refractivity (Wildman–Crippen MR) is 181 cm³/mol. The molecule has 0 N–H and O–H groups in total. The van der Waals surface area contributed by atoms with Crippen molar-refractivity contribution < 1.29 is 19.0 Å². The van der Waals surface area contributed by atoms with Gasteiger partial charge >= 0.3 is 6.09 Å². The van der Waals surface area contributed by atoms with E-state index < -0.39 is 18.3 Å². The molecule has 1 saturated heterocycles. The normalized spacial score (nSPS) is 18.0. The molecule has 3 atom stereocenters. The van der Waals surface area contributed by atoms with Crippen molar-refractivity contribution >= 4 is 68.4 Å². The summed E-state index contributed by atoms with van der Waals surface area (Å²) in [6.45, 7) is 0.416. The Hall–Kier alpha value is -3.23. The van der Waals surface area contributed by atoms with Crippen molar-refractivity contribution in [2.24, 2.45) is 0 Å². The van der Waals surface area contributed by atoms with Gasteiger partial charge in [0.2, 0.25) is 0 Å². The Morgan fingerprint density at radius 2 is 1.32 bits per heavy atom. The van der Waals surface area contributed by atoms with Crippen LogP contribution in [-0.2, 0) is 27.4 Å². The molecular formula is C31H26BrCl4N7O4. The number of hydrogen-bond acceptors (Lipinski definition) is 8. The van der Waals surface area contributed by atoms with E-state index in [9.17, 15) is 4.79 Å². The monoisotopic (exact) mass is 779 g/mol. The Kier molecular flexibility index (Phi) is 10.7. The maximum Gasteiger partial charge on any atom is 0.410 e. The maximum atomic E-state index is 13.1. The Morgan fingerprint density at radius 1 is 0.809 bits per heavy atom. The number of rotatable bonds is 9. The number of hydrogen-bond donors (Lipinski definition) is 0. The van der Waals surface area contributed by atoms with Crippen LogP contribution in [0.25, 0.3) is 11.4 Å². The molecule has 2 aromatic heterocycles. The van der Waals surface area contributed by atoms with E-state index in [0.717, 1.165) is 10.0 Å². The molecule has 3 aromatic carbocycles. The van der Waals surface area contributed by atoms with Gasteiger partial charge in [-0.1, -0.05) is 91.0 Å². The Labute approximate surface area is 298 Å². The summed E-state index contributed by atoms with van der Waals surface area (Å²) in [6.07, 6.45) is 2.38. The topological polar surface area (TPSA) is 109 Å². The van der Waals surface area contributed by atoms with Gasteiger partial charge in [-0.3, -0.25) is 4.90 Å². The van der Waals surface area contributed by atoms with Crippen molar-refractivity contribution in [2.75, 3.05) is 13.7 Å². The number of likely N-dealkylation sites (tertiary alicyclic amines) is 1. The van der Waals surface area contributed by atoms with Crippen LogP contribution in [0, 0.1) is 0 Å². The molecule has 3 heterocycles. The molecule has 1 aliphatic rings. The molecule has 0 unspecified atom stereocenters. The van der Waals surface area contributed by atoms with Crippen LogP contribution in [0.1, 0.15) is 29.4 Å². The quantitative estimate of drug-likeness (QED) is 0.149. The summed E-state index contributed by atoms with van der Waals surface area (Å²) >= 11 is 28.3. The van der Waals surface area contributed by atoms with Gasteiger partial charge in [0.1, 0.15) is 17.5 Å². The molecule has 1 aliphatic heterocycles. The van der Waals surface area contributed by atoms with Crippen LogP contribution in [0.4, 0.5) is 4.79 Å². The highest BCUT2D eigenvalue weighted by Crippen LogP contribution is 2.38. The van der Waals surface area contributed by atoms with Crippen LogP contribution in [0.2, 0.25) is 20.1 Å². The summed E-state index contributed by atoms with van der Waals surface area (Å²) in [5.74, 6) is 0. The second-order valence-electron chi connectivity index (χ2n) is 10.7. The molecule has 0 aliphatic carbocycles. The van der Waals surface area contributed by atoms with Gasteiger partial charge in [-0.25, -0.2) is 14.2 Å². The zero-order valence-electron chi connectivity index (χ0n) is 24.6. The highest BCUT2D eigenvalue weighted by molar-refractivity contribution is 9.10. The number of piperidine rings is 1. The van der Waals surface area contributed by atoms with Gasteiger partial charge in [0.15, 0.2) is 0 Å².